The highest BCUT2D eigenvalue weighted by molar-refractivity contribution is 14.1. The lowest BCUT2D eigenvalue weighted by Gasteiger charge is -2.14. The molecule has 34 heavy (non-hydrogen) atoms. The third-order valence-electron chi connectivity index (χ3n) is 4.93. The summed E-state index contributed by atoms with van der Waals surface area (Å²) in [7, 11) is 1.55. The maximum Gasteiger partial charge on any atom is 0.264 e. The van der Waals surface area contributed by atoms with Crippen LogP contribution in [0.5, 0.6) is 11.5 Å². The molecule has 1 saturated heterocycles. The predicted molar refractivity (Wildman–Crippen MR) is 143 cm³/mol. The summed E-state index contributed by atoms with van der Waals surface area (Å²) in [6.45, 7) is 2.08. The van der Waals surface area contributed by atoms with Crippen molar-refractivity contribution in [1.29, 1.82) is 0 Å². The zero-order chi connectivity index (χ0) is 24.2. The summed E-state index contributed by atoms with van der Waals surface area (Å²) in [6.07, 6.45) is 1.77. The van der Waals surface area contributed by atoms with E-state index >= 15 is 0 Å². The first-order valence-electron chi connectivity index (χ1n) is 10.1. The predicted octanol–water partition coefficient (Wildman–Crippen LogP) is 6.87. The summed E-state index contributed by atoms with van der Waals surface area (Å²) in [5.41, 5.74) is 3.03. The first-order valence-corrected chi connectivity index (χ1v) is 12.4. The summed E-state index contributed by atoms with van der Waals surface area (Å²) in [5.74, 6) is 0.521. The molecule has 3 aromatic rings. The highest BCUT2D eigenvalue weighted by atomic mass is 127. The van der Waals surface area contributed by atoms with Crippen LogP contribution in [0.25, 0.3) is 6.08 Å². The lowest BCUT2D eigenvalue weighted by atomic mass is 10.2. The Morgan fingerprint density at radius 2 is 2.00 bits per heavy atom. The molecule has 1 fully saturated rings. The number of hydrogen-bond acceptors (Lipinski definition) is 5. The first-order chi connectivity index (χ1) is 16.3. The van der Waals surface area contributed by atoms with Crippen LogP contribution in [0.4, 0.5) is 10.1 Å². The van der Waals surface area contributed by atoms with Gasteiger partial charge in [0.2, 0.25) is 0 Å². The quantitative estimate of drug-likeness (QED) is 0.245. The fraction of sp³-hybridized carbons (Fsp3) is 0.120. The van der Waals surface area contributed by atoms with Crippen LogP contribution in [0, 0.1) is 16.3 Å². The molecule has 1 aliphatic rings. The summed E-state index contributed by atoms with van der Waals surface area (Å²) in [4.78, 5) is 17.6. The minimum atomic E-state index is -0.314. The number of nitrogens with zero attached hydrogens (tertiary/aromatic N) is 1. The molecule has 0 saturated carbocycles. The smallest absolute Gasteiger partial charge is 0.264 e. The van der Waals surface area contributed by atoms with Crippen molar-refractivity contribution in [1.82, 2.24) is 5.32 Å². The average Bonchev–Trinajstić information content (AvgIpc) is 3.14. The Morgan fingerprint density at radius 1 is 1.21 bits per heavy atom. The van der Waals surface area contributed by atoms with Crippen molar-refractivity contribution in [2.75, 3.05) is 7.11 Å². The molecule has 5 nitrogen and oxygen atoms in total. The SMILES string of the molecule is COc1cc(/C=C2/SC(=Nc3cccc(Cl)c3C)NC2=O)cc(I)c1OCc1cccc(F)c1. The zero-order valence-corrected chi connectivity index (χ0v) is 21.9. The van der Waals surface area contributed by atoms with Crippen molar-refractivity contribution in [3.63, 3.8) is 0 Å². The number of ether oxygens (including phenoxy) is 2. The van der Waals surface area contributed by atoms with Gasteiger partial charge in [0.05, 0.1) is 21.3 Å². The molecule has 1 aliphatic heterocycles. The number of thioether (sulfide) groups is 1. The number of benzene rings is 3. The molecule has 0 spiro atoms. The number of methoxy groups -OCH3 is 1. The van der Waals surface area contributed by atoms with E-state index in [2.05, 4.69) is 32.9 Å². The van der Waals surface area contributed by atoms with E-state index < -0.39 is 0 Å². The number of halogens is 3. The molecular formula is C25H19ClFIN2O3S. The molecule has 174 valence electrons. The molecule has 3 aromatic carbocycles. The monoisotopic (exact) mass is 608 g/mol. The molecule has 0 atom stereocenters. The lowest BCUT2D eigenvalue weighted by molar-refractivity contribution is -0.115. The molecule has 1 amide bonds. The standard InChI is InChI=1S/C25H19ClFIN2O3S/c1-14-18(26)7-4-8-20(14)29-25-30-24(31)22(34-25)12-16-10-19(28)23(21(11-16)32-2)33-13-15-5-3-6-17(27)9-15/h3-12H,13H2,1-2H3,(H,29,30,31)/b22-12+. The Morgan fingerprint density at radius 3 is 2.76 bits per heavy atom. The Labute approximate surface area is 219 Å². The summed E-state index contributed by atoms with van der Waals surface area (Å²) < 4.78 is 25.7. The summed E-state index contributed by atoms with van der Waals surface area (Å²) >= 11 is 9.57. The van der Waals surface area contributed by atoms with Crippen LogP contribution in [-0.4, -0.2) is 18.2 Å². The van der Waals surface area contributed by atoms with Gasteiger partial charge in [-0.05, 0) is 100 Å². The Balaban J connectivity index is 1.55. The first kappa shape index (κ1) is 24.6. The number of hydrogen-bond donors (Lipinski definition) is 1. The van der Waals surface area contributed by atoms with E-state index in [-0.39, 0.29) is 18.3 Å². The van der Waals surface area contributed by atoms with Gasteiger partial charge in [0, 0.05) is 5.02 Å². The zero-order valence-electron chi connectivity index (χ0n) is 18.2. The number of carbonyl (C=O) groups is 1. The topological polar surface area (TPSA) is 59.9 Å². The number of aliphatic imine (C=N–C) groups is 1. The van der Waals surface area contributed by atoms with E-state index in [0.29, 0.717) is 37.8 Å². The number of amidine groups is 1. The maximum absolute atomic E-state index is 13.4. The van der Waals surface area contributed by atoms with Crippen molar-refractivity contribution in [2.45, 2.75) is 13.5 Å². The average molecular weight is 609 g/mol. The molecule has 9 heteroatoms. The van der Waals surface area contributed by atoms with Crippen LogP contribution >= 0.6 is 46.0 Å². The van der Waals surface area contributed by atoms with Crippen molar-refractivity contribution < 1.29 is 18.7 Å². The van der Waals surface area contributed by atoms with E-state index in [9.17, 15) is 9.18 Å². The second kappa shape index (κ2) is 10.8. The second-order valence-corrected chi connectivity index (χ2v) is 9.92. The number of nitrogens with one attached hydrogen (secondary N) is 1. The third kappa shape index (κ3) is 5.73. The van der Waals surface area contributed by atoms with Gasteiger partial charge < -0.3 is 14.8 Å². The number of amides is 1. The number of rotatable bonds is 6. The van der Waals surface area contributed by atoms with Crippen molar-refractivity contribution in [3.8, 4) is 11.5 Å². The molecular weight excluding hydrogens is 590 g/mol. The van der Waals surface area contributed by atoms with Crippen LogP contribution in [-0.2, 0) is 11.4 Å². The van der Waals surface area contributed by atoms with Crippen molar-refractivity contribution >= 4 is 68.8 Å². The molecule has 4 rings (SSSR count). The Bertz CT molecular complexity index is 1330. The maximum atomic E-state index is 13.4. The van der Waals surface area contributed by atoms with E-state index in [1.165, 1.54) is 23.9 Å². The molecule has 0 bridgehead atoms. The molecule has 0 radical (unpaired) electrons. The number of carbonyl (C=O) groups excluding carboxylic acids is 1. The minimum Gasteiger partial charge on any atom is -0.493 e. The van der Waals surface area contributed by atoms with Crippen LogP contribution in [0.3, 0.4) is 0 Å². The van der Waals surface area contributed by atoms with Crippen LogP contribution in [0.2, 0.25) is 5.02 Å². The van der Waals surface area contributed by atoms with Gasteiger partial charge >= 0.3 is 0 Å². The molecule has 0 aliphatic carbocycles. The van der Waals surface area contributed by atoms with Crippen LogP contribution < -0.4 is 14.8 Å². The van der Waals surface area contributed by atoms with Gasteiger partial charge in [-0.2, -0.15) is 0 Å². The van der Waals surface area contributed by atoms with Gasteiger partial charge in [-0.25, -0.2) is 9.38 Å². The van der Waals surface area contributed by atoms with Gasteiger partial charge in [0.1, 0.15) is 12.4 Å². The van der Waals surface area contributed by atoms with Gasteiger partial charge in [0.15, 0.2) is 16.7 Å². The lowest BCUT2D eigenvalue weighted by Crippen LogP contribution is -2.19. The van der Waals surface area contributed by atoms with Crippen LogP contribution in [0.1, 0.15) is 16.7 Å². The van der Waals surface area contributed by atoms with E-state index in [4.69, 9.17) is 21.1 Å². The highest BCUT2D eigenvalue weighted by Gasteiger charge is 2.24. The van der Waals surface area contributed by atoms with Gasteiger partial charge in [-0.15, -0.1) is 0 Å². The second-order valence-electron chi connectivity index (χ2n) is 7.32. The van der Waals surface area contributed by atoms with Gasteiger partial charge in [0.25, 0.3) is 5.91 Å². The van der Waals surface area contributed by atoms with Gasteiger partial charge in [-0.1, -0.05) is 29.8 Å². The third-order valence-corrected chi connectivity index (χ3v) is 7.05. The summed E-state index contributed by atoms with van der Waals surface area (Å²) in [5, 5.41) is 3.89. The summed E-state index contributed by atoms with van der Waals surface area (Å²) in [6, 6.07) is 15.4. The van der Waals surface area contributed by atoms with E-state index in [1.54, 1.807) is 37.5 Å². The van der Waals surface area contributed by atoms with Gasteiger partial charge in [-0.3, -0.25) is 4.79 Å². The van der Waals surface area contributed by atoms with Crippen molar-refractivity contribution in [3.05, 3.63) is 90.6 Å². The minimum absolute atomic E-state index is 0.200. The van der Waals surface area contributed by atoms with Crippen molar-refractivity contribution in [2.24, 2.45) is 4.99 Å². The highest BCUT2D eigenvalue weighted by Crippen LogP contribution is 2.37. The van der Waals surface area contributed by atoms with Crippen LogP contribution in [0.15, 0.2) is 64.5 Å². The fourth-order valence-electron chi connectivity index (χ4n) is 3.20. The molecule has 1 heterocycles. The van der Waals surface area contributed by atoms with E-state index in [1.807, 2.05) is 25.1 Å². The Kier molecular flexibility index (Phi) is 7.80. The molecule has 0 unspecified atom stereocenters. The fourth-order valence-corrected chi connectivity index (χ4v) is 4.99. The normalized spacial score (nSPS) is 15.6. The Hall–Kier alpha value is -2.56. The van der Waals surface area contributed by atoms with E-state index in [0.717, 1.165) is 14.7 Å². The largest absolute Gasteiger partial charge is 0.493 e. The molecule has 0 aromatic heterocycles. The molecule has 1 N–H and O–H groups in total.